The molecule has 0 saturated heterocycles. The van der Waals surface area contributed by atoms with E-state index in [2.05, 4.69) is 22.2 Å². The van der Waals surface area contributed by atoms with Gasteiger partial charge in [0.2, 0.25) is 0 Å². The van der Waals surface area contributed by atoms with E-state index in [1.54, 1.807) is 0 Å². The number of hydrogen-bond acceptors (Lipinski definition) is 1. The molecule has 1 N–H and O–H groups in total. The van der Waals surface area contributed by atoms with Gasteiger partial charge in [-0.05, 0) is 0 Å². The van der Waals surface area contributed by atoms with E-state index in [0.717, 1.165) is 0 Å². The maximum absolute atomic E-state index is 4.93. The molecule has 0 aliphatic heterocycles. The van der Waals surface area contributed by atoms with Crippen molar-refractivity contribution in [2.45, 2.75) is 0 Å². The van der Waals surface area contributed by atoms with E-state index in [1.807, 2.05) is 0 Å². The molecule has 0 aromatic heterocycles. The third-order valence-electron chi connectivity index (χ3n) is 0.569. The van der Waals surface area contributed by atoms with Crippen LogP contribution in [-0.4, -0.2) is 19.4 Å². The lowest BCUT2D eigenvalue weighted by Gasteiger charge is -1.86. The number of terminal acetylenes is 2. The number of aliphatic imine (C=N–C) groups is 1. The lowest BCUT2D eigenvalue weighted by molar-refractivity contribution is 1.08. The highest BCUT2D eigenvalue weighted by atomic mass is 14.9. The Kier molecular flexibility index (Phi) is 5.56. The van der Waals surface area contributed by atoms with Crippen LogP contribution in [0.15, 0.2) is 4.99 Å². The second-order valence-electron chi connectivity index (χ2n) is 1.26. The quantitative estimate of drug-likeness (QED) is 0.238. The highest BCUT2D eigenvalue weighted by molar-refractivity contribution is 5.54. The second-order valence-corrected chi connectivity index (χ2v) is 1.26. The summed E-state index contributed by atoms with van der Waals surface area (Å²) in [5, 5.41) is 2.75. The van der Waals surface area contributed by atoms with Crippen LogP contribution in [0.25, 0.3) is 0 Å². The van der Waals surface area contributed by atoms with Crippen LogP contribution in [0.5, 0.6) is 0 Å². The summed E-state index contributed by atoms with van der Waals surface area (Å²) in [7, 11) is 0. The molecule has 0 unspecified atom stereocenters. The molecule has 0 aliphatic carbocycles. The van der Waals surface area contributed by atoms with Gasteiger partial charge in [0.1, 0.15) is 6.54 Å². The zero-order chi connectivity index (χ0) is 6.95. The number of rotatable bonds is 3. The van der Waals surface area contributed by atoms with Gasteiger partial charge < -0.3 is 5.32 Å². The summed E-state index contributed by atoms with van der Waals surface area (Å²) in [6.45, 7) is 0.894. The molecule has 0 amide bonds. The van der Waals surface area contributed by atoms with E-state index in [-0.39, 0.29) is 0 Å². The van der Waals surface area contributed by atoms with Gasteiger partial charge in [0, 0.05) is 0 Å². The molecule has 0 fully saturated rings. The van der Waals surface area contributed by atoms with Crippen molar-refractivity contribution in [3.63, 3.8) is 0 Å². The summed E-state index contributed by atoms with van der Waals surface area (Å²) in [6, 6.07) is 0. The minimum Gasteiger partial charge on any atom is -0.365 e. The smallest absolute Gasteiger partial charge is 0.101 e. The van der Waals surface area contributed by atoms with Crippen LogP contribution in [0.1, 0.15) is 0 Å². The molecule has 0 aliphatic rings. The van der Waals surface area contributed by atoms with Crippen molar-refractivity contribution in [1.82, 2.24) is 5.32 Å². The van der Waals surface area contributed by atoms with Gasteiger partial charge in [-0.2, -0.15) is 0 Å². The van der Waals surface area contributed by atoms with Crippen molar-refractivity contribution in [2.75, 3.05) is 13.1 Å². The van der Waals surface area contributed by atoms with Crippen molar-refractivity contribution in [2.24, 2.45) is 4.99 Å². The lowest BCUT2D eigenvalue weighted by atomic mass is 10.7. The zero-order valence-corrected chi connectivity index (χ0v) is 5.09. The molecule has 0 atom stereocenters. The normalized spacial score (nSPS) is 8.22. The predicted molar refractivity (Wildman–Crippen MR) is 39.0 cm³/mol. The summed E-state index contributed by atoms with van der Waals surface area (Å²) in [4.78, 5) is 3.76. The zero-order valence-electron chi connectivity index (χ0n) is 5.09. The summed E-state index contributed by atoms with van der Waals surface area (Å²) < 4.78 is 0. The van der Waals surface area contributed by atoms with Crippen molar-refractivity contribution < 1.29 is 0 Å². The standard InChI is InChI=1S/C7H8N2/c1-3-5-8-7-9-6-4-2/h1-2,7H,5-6H2,(H,8,9). The first-order chi connectivity index (χ1) is 4.41. The highest BCUT2D eigenvalue weighted by Crippen LogP contribution is 1.59. The average Bonchev–Trinajstić information content (AvgIpc) is 1.89. The number of nitrogens with zero attached hydrogens (tertiary/aromatic N) is 1. The Labute approximate surface area is 55.4 Å². The van der Waals surface area contributed by atoms with E-state index in [4.69, 9.17) is 12.8 Å². The third-order valence-corrected chi connectivity index (χ3v) is 0.569. The molecular formula is C7H8N2. The maximum atomic E-state index is 4.93. The lowest BCUT2D eigenvalue weighted by Crippen LogP contribution is -2.10. The van der Waals surface area contributed by atoms with Crippen LogP contribution in [0.2, 0.25) is 0 Å². The van der Waals surface area contributed by atoms with Crippen molar-refractivity contribution >= 4 is 6.34 Å². The molecule has 0 heterocycles. The fourth-order valence-corrected chi connectivity index (χ4v) is 0.267. The second kappa shape index (κ2) is 6.59. The van der Waals surface area contributed by atoms with Crippen LogP contribution in [-0.2, 0) is 0 Å². The van der Waals surface area contributed by atoms with Crippen LogP contribution >= 0.6 is 0 Å². The van der Waals surface area contributed by atoms with E-state index in [9.17, 15) is 0 Å². The Balaban J connectivity index is 3.09. The molecule has 46 valence electrons. The van der Waals surface area contributed by atoms with E-state index >= 15 is 0 Å². The fraction of sp³-hybridized carbons (Fsp3) is 0.286. The van der Waals surface area contributed by atoms with Gasteiger partial charge in [-0.15, -0.1) is 12.8 Å². The Morgan fingerprint density at radius 1 is 1.44 bits per heavy atom. The van der Waals surface area contributed by atoms with Crippen LogP contribution in [0.4, 0.5) is 0 Å². The summed E-state index contributed by atoms with van der Waals surface area (Å²) in [5.41, 5.74) is 0. The monoisotopic (exact) mass is 120 g/mol. The summed E-state index contributed by atoms with van der Waals surface area (Å²) in [6.07, 6.45) is 11.4. The molecule has 0 aromatic rings. The number of nitrogens with one attached hydrogen (secondary N) is 1. The van der Waals surface area contributed by atoms with Gasteiger partial charge in [0.25, 0.3) is 0 Å². The summed E-state index contributed by atoms with van der Waals surface area (Å²) >= 11 is 0. The first-order valence-electron chi connectivity index (χ1n) is 2.50. The summed E-state index contributed by atoms with van der Waals surface area (Å²) in [5.74, 6) is 4.75. The molecule has 0 bridgehead atoms. The van der Waals surface area contributed by atoms with Gasteiger partial charge in [-0.25, -0.2) is 0 Å². The van der Waals surface area contributed by atoms with E-state index in [1.165, 1.54) is 6.34 Å². The molecule has 2 nitrogen and oxygen atoms in total. The van der Waals surface area contributed by atoms with Crippen LogP contribution < -0.4 is 5.32 Å². The molecule has 9 heavy (non-hydrogen) atoms. The first kappa shape index (κ1) is 7.59. The largest absolute Gasteiger partial charge is 0.365 e. The van der Waals surface area contributed by atoms with E-state index < -0.39 is 0 Å². The topological polar surface area (TPSA) is 24.4 Å². The Bertz CT molecular complexity index is 157. The highest BCUT2D eigenvalue weighted by Gasteiger charge is 1.68. The molecule has 0 spiro atoms. The van der Waals surface area contributed by atoms with Gasteiger partial charge in [-0.3, -0.25) is 4.99 Å². The molecule has 0 aromatic carbocycles. The first-order valence-corrected chi connectivity index (χ1v) is 2.50. The van der Waals surface area contributed by atoms with Crippen LogP contribution in [0.3, 0.4) is 0 Å². The minimum atomic E-state index is 0.400. The predicted octanol–water partition coefficient (Wildman–Crippen LogP) is -0.129. The SMILES string of the molecule is C#CCN=CNCC#C. The average molecular weight is 120 g/mol. The van der Waals surface area contributed by atoms with Gasteiger partial charge in [0.05, 0.1) is 12.9 Å². The molecule has 0 rings (SSSR count). The minimum absolute atomic E-state index is 0.400. The third kappa shape index (κ3) is 6.59. The Hall–Kier alpha value is -1.41. The Morgan fingerprint density at radius 3 is 2.78 bits per heavy atom. The van der Waals surface area contributed by atoms with Crippen molar-refractivity contribution in [3.05, 3.63) is 0 Å². The van der Waals surface area contributed by atoms with Crippen molar-refractivity contribution in [3.8, 4) is 24.7 Å². The molecule has 0 saturated carbocycles. The molecule has 2 heteroatoms. The van der Waals surface area contributed by atoms with Crippen LogP contribution in [0, 0.1) is 24.7 Å². The van der Waals surface area contributed by atoms with Gasteiger partial charge in [0.15, 0.2) is 0 Å². The van der Waals surface area contributed by atoms with Gasteiger partial charge >= 0.3 is 0 Å². The number of hydrogen-bond donors (Lipinski definition) is 1. The van der Waals surface area contributed by atoms with Gasteiger partial charge in [-0.1, -0.05) is 11.8 Å². The van der Waals surface area contributed by atoms with Crippen molar-refractivity contribution in [1.29, 1.82) is 0 Å². The molecule has 0 radical (unpaired) electrons. The van der Waals surface area contributed by atoms with E-state index in [0.29, 0.717) is 13.1 Å². The Morgan fingerprint density at radius 2 is 2.22 bits per heavy atom. The molecular weight excluding hydrogens is 112 g/mol. The fourth-order valence-electron chi connectivity index (χ4n) is 0.267. The maximum Gasteiger partial charge on any atom is 0.101 e.